The Balaban J connectivity index is 1.87. The summed E-state index contributed by atoms with van der Waals surface area (Å²) in [5, 5.41) is 7.33. The minimum atomic E-state index is 0.205. The van der Waals surface area contributed by atoms with Gasteiger partial charge in [-0.25, -0.2) is 4.98 Å². The average Bonchev–Trinajstić information content (AvgIpc) is 2.94. The maximum atomic E-state index is 4.79. The highest BCUT2D eigenvalue weighted by Crippen LogP contribution is 2.22. The van der Waals surface area contributed by atoms with Gasteiger partial charge in [-0.1, -0.05) is 17.3 Å². The van der Waals surface area contributed by atoms with Gasteiger partial charge >= 0.3 is 0 Å². The minimum Gasteiger partial charge on any atom is -0.399 e. The summed E-state index contributed by atoms with van der Waals surface area (Å²) in [4.78, 5) is 12.7. The molecular formula is C12H14N4O. The van der Waals surface area contributed by atoms with E-state index in [2.05, 4.69) is 20.4 Å². The number of nitrogens with zero attached hydrogens (tertiary/aromatic N) is 2. The number of nitrogens with one attached hydrogen (secondary N) is 2. The predicted octanol–water partition coefficient (Wildman–Crippen LogP) is 1.60. The lowest BCUT2D eigenvalue weighted by molar-refractivity contribution is 0.212. The molecule has 2 aromatic rings. The summed E-state index contributed by atoms with van der Waals surface area (Å²) in [6.07, 6.45) is 0.841. The summed E-state index contributed by atoms with van der Waals surface area (Å²) in [6.45, 7) is 0.759. The number of hydrogen-bond donors (Lipinski definition) is 2. The Morgan fingerprint density at radius 3 is 3.12 bits per heavy atom. The van der Waals surface area contributed by atoms with Gasteiger partial charge in [0.15, 0.2) is 0 Å². The second-order valence-electron chi connectivity index (χ2n) is 4.12. The predicted molar refractivity (Wildman–Crippen MR) is 65.9 cm³/mol. The van der Waals surface area contributed by atoms with Crippen molar-refractivity contribution >= 4 is 16.7 Å². The van der Waals surface area contributed by atoms with Crippen LogP contribution in [-0.2, 0) is 4.84 Å². The highest BCUT2D eigenvalue weighted by molar-refractivity contribution is 5.88. The Bertz CT molecular complexity index is 527. The van der Waals surface area contributed by atoms with E-state index in [-0.39, 0.29) is 6.04 Å². The highest BCUT2D eigenvalue weighted by atomic mass is 16.6. The Hall–Kier alpha value is -1.88. The van der Waals surface area contributed by atoms with Crippen LogP contribution in [-0.4, -0.2) is 29.3 Å². The van der Waals surface area contributed by atoms with Crippen LogP contribution >= 0.6 is 0 Å². The lowest BCUT2D eigenvalue weighted by Gasteiger charge is -2.03. The van der Waals surface area contributed by atoms with Crippen LogP contribution in [0.25, 0.3) is 11.0 Å². The smallest absolute Gasteiger partial charge is 0.124 e. The quantitative estimate of drug-likeness (QED) is 0.770. The number of H-pyrrole nitrogens is 1. The number of benzene rings is 1. The second kappa shape index (κ2) is 4.18. The Morgan fingerprint density at radius 1 is 1.41 bits per heavy atom. The molecule has 88 valence electrons. The van der Waals surface area contributed by atoms with Gasteiger partial charge in [0.25, 0.3) is 0 Å². The van der Waals surface area contributed by atoms with Gasteiger partial charge in [0.2, 0.25) is 0 Å². The molecule has 5 heteroatoms. The van der Waals surface area contributed by atoms with Crippen molar-refractivity contribution in [2.24, 2.45) is 5.16 Å². The topological polar surface area (TPSA) is 62.3 Å². The van der Waals surface area contributed by atoms with Crippen molar-refractivity contribution in [3.63, 3.8) is 0 Å². The summed E-state index contributed by atoms with van der Waals surface area (Å²) in [6, 6.07) is 8.24. The van der Waals surface area contributed by atoms with Crippen LogP contribution in [0.4, 0.5) is 0 Å². The van der Waals surface area contributed by atoms with Crippen LogP contribution in [0.1, 0.15) is 18.3 Å². The molecule has 2 N–H and O–H groups in total. The van der Waals surface area contributed by atoms with E-state index in [1.807, 2.05) is 24.3 Å². The monoisotopic (exact) mass is 230 g/mol. The second-order valence-corrected chi connectivity index (χ2v) is 4.12. The van der Waals surface area contributed by atoms with Crippen molar-refractivity contribution in [1.82, 2.24) is 15.3 Å². The third-order valence-corrected chi connectivity index (χ3v) is 2.95. The molecule has 0 amide bonds. The van der Waals surface area contributed by atoms with Crippen molar-refractivity contribution in [2.75, 3.05) is 13.7 Å². The van der Waals surface area contributed by atoms with E-state index in [0.29, 0.717) is 0 Å². The Morgan fingerprint density at radius 2 is 2.29 bits per heavy atom. The molecule has 3 rings (SSSR count). The number of hydrogen-bond acceptors (Lipinski definition) is 4. The van der Waals surface area contributed by atoms with Crippen molar-refractivity contribution in [3.05, 3.63) is 30.1 Å². The number of aromatic amines is 1. The molecule has 0 unspecified atom stereocenters. The number of imidazole rings is 1. The lowest BCUT2D eigenvalue weighted by Crippen LogP contribution is -2.14. The fourth-order valence-electron chi connectivity index (χ4n) is 2.15. The van der Waals surface area contributed by atoms with Crippen LogP contribution < -0.4 is 5.32 Å². The first kappa shape index (κ1) is 10.3. The minimum absolute atomic E-state index is 0.205. The molecule has 0 aliphatic carbocycles. The van der Waals surface area contributed by atoms with E-state index >= 15 is 0 Å². The summed E-state index contributed by atoms with van der Waals surface area (Å²) in [5.74, 6) is 0.965. The van der Waals surface area contributed by atoms with E-state index in [1.54, 1.807) is 7.11 Å². The summed E-state index contributed by atoms with van der Waals surface area (Å²) in [5.41, 5.74) is 3.10. The zero-order valence-electron chi connectivity index (χ0n) is 9.60. The van der Waals surface area contributed by atoms with Crippen molar-refractivity contribution in [3.8, 4) is 0 Å². The first-order chi connectivity index (χ1) is 8.36. The van der Waals surface area contributed by atoms with Gasteiger partial charge in [0.05, 0.1) is 22.8 Å². The molecule has 1 fully saturated rings. The molecule has 5 nitrogen and oxygen atoms in total. The molecule has 1 saturated heterocycles. The lowest BCUT2D eigenvalue weighted by atomic mass is 10.2. The molecule has 0 radical (unpaired) electrons. The third kappa shape index (κ3) is 1.89. The van der Waals surface area contributed by atoms with Crippen LogP contribution in [0.2, 0.25) is 0 Å². The molecule has 1 aromatic carbocycles. The van der Waals surface area contributed by atoms with Crippen molar-refractivity contribution in [1.29, 1.82) is 0 Å². The zero-order chi connectivity index (χ0) is 11.7. The van der Waals surface area contributed by atoms with Crippen molar-refractivity contribution in [2.45, 2.75) is 12.5 Å². The molecule has 2 heterocycles. The van der Waals surface area contributed by atoms with E-state index in [9.17, 15) is 0 Å². The largest absolute Gasteiger partial charge is 0.399 e. The fraction of sp³-hybridized carbons (Fsp3) is 0.333. The summed E-state index contributed by atoms with van der Waals surface area (Å²) >= 11 is 0. The van der Waals surface area contributed by atoms with Gasteiger partial charge in [0, 0.05) is 13.0 Å². The summed E-state index contributed by atoms with van der Waals surface area (Å²) < 4.78 is 0. The maximum Gasteiger partial charge on any atom is 0.124 e. The van der Waals surface area contributed by atoms with E-state index in [1.165, 1.54) is 0 Å². The average molecular weight is 230 g/mol. The zero-order valence-corrected chi connectivity index (χ0v) is 9.60. The van der Waals surface area contributed by atoms with Crippen LogP contribution in [0.5, 0.6) is 0 Å². The summed E-state index contributed by atoms with van der Waals surface area (Å²) in [7, 11) is 1.57. The molecule has 1 aliphatic rings. The number of fused-ring (bicyclic) bond motifs is 1. The highest BCUT2D eigenvalue weighted by Gasteiger charge is 2.24. The van der Waals surface area contributed by atoms with Crippen LogP contribution in [0, 0.1) is 0 Å². The first-order valence-electron chi connectivity index (χ1n) is 5.64. The SMILES string of the molecule is CON=C1CN[C@H](c2nc3ccccc3[nH]2)C1. The van der Waals surface area contributed by atoms with Crippen LogP contribution in [0.3, 0.4) is 0 Å². The Kier molecular flexibility index (Phi) is 2.53. The molecule has 0 saturated carbocycles. The Labute approximate surface area is 98.9 Å². The number of rotatable bonds is 2. The number of aromatic nitrogens is 2. The van der Waals surface area contributed by atoms with Gasteiger partial charge in [-0.3, -0.25) is 0 Å². The third-order valence-electron chi connectivity index (χ3n) is 2.95. The molecule has 1 aromatic heterocycles. The fourth-order valence-corrected chi connectivity index (χ4v) is 2.15. The number of para-hydroxylation sites is 2. The first-order valence-corrected chi connectivity index (χ1v) is 5.64. The molecule has 17 heavy (non-hydrogen) atoms. The standard InChI is InChI=1S/C12H14N4O/c1-17-16-8-6-11(13-7-8)12-14-9-4-2-3-5-10(9)15-12/h2-5,11,13H,6-7H2,1H3,(H,14,15)/t11-/m0/s1. The van der Waals surface area contributed by atoms with Gasteiger partial charge in [-0.05, 0) is 12.1 Å². The van der Waals surface area contributed by atoms with Crippen molar-refractivity contribution < 1.29 is 4.84 Å². The van der Waals surface area contributed by atoms with Crippen LogP contribution in [0.15, 0.2) is 29.4 Å². The number of oxime groups is 1. The molecule has 0 spiro atoms. The molecule has 1 aliphatic heterocycles. The molecule has 1 atom stereocenters. The van der Waals surface area contributed by atoms with E-state index in [4.69, 9.17) is 4.84 Å². The van der Waals surface area contributed by atoms with Gasteiger partial charge < -0.3 is 15.1 Å². The van der Waals surface area contributed by atoms with E-state index in [0.717, 1.165) is 35.5 Å². The van der Waals surface area contributed by atoms with Gasteiger partial charge in [0.1, 0.15) is 12.9 Å². The molecule has 0 bridgehead atoms. The van der Waals surface area contributed by atoms with E-state index < -0.39 is 0 Å². The normalized spacial score (nSPS) is 22.4. The van der Waals surface area contributed by atoms with Gasteiger partial charge in [-0.15, -0.1) is 0 Å². The van der Waals surface area contributed by atoms with Gasteiger partial charge in [-0.2, -0.15) is 0 Å². The maximum absolute atomic E-state index is 4.79. The molecular weight excluding hydrogens is 216 g/mol.